The molecule has 1 saturated carbocycles. The molecule has 0 amide bonds. The topological polar surface area (TPSA) is 26.3 Å². The Bertz CT molecular complexity index is 406. The van der Waals surface area contributed by atoms with E-state index in [4.69, 9.17) is 4.43 Å². The van der Waals surface area contributed by atoms with Crippen molar-refractivity contribution in [3.63, 3.8) is 0 Å². The van der Waals surface area contributed by atoms with Gasteiger partial charge < -0.3 is 4.43 Å². The van der Waals surface area contributed by atoms with Gasteiger partial charge in [0.15, 0.2) is 8.32 Å². The van der Waals surface area contributed by atoms with Crippen LogP contribution in [0.25, 0.3) is 0 Å². The van der Waals surface area contributed by atoms with E-state index in [1.165, 1.54) is 0 Å². The third kappa shape index (κ3) is 3.68. The second-order valence-electron chi connectivity index (χ2n) is 8.88. The lowest BCUT2D eigenvalue weighted by Crippen LogP contribution is -2.44. The molecule has 0 saturated heterocycles. The molecule has 0 N–H and O–H groups in total. The van der Waals surface area contributed by atoms with Crippen molar-refractivity contribution in [3.05, 3.63) is 12.7 Å². The zero-order valence-corrected chi connectivity index (χ0v) is 16.2. The number of carbonyl (C=O) groups excluding carboxylic acids is 1. The standard InChI is InChI=1S/C18H34O2Si/c1-10-14-16(13(2)3)15(19)11-18(14,7)12-20-21(8,9)17(4,5)6/h10,13-14,16H,1,11-12H2,2-9H3/t14-,16-,18+/m0/s1. The molecular formula is C18H34O2Si. The summed E-state index contributed by atoms with van der Waals surface area (Å²) >= 11 is 0. The minimum absolute atomic E-state index is 0.0940. The largest absolute Gasteiger partial charge is 0.416 e. The van der Waals surface area contributed by atoms with Gasteiger partial charge in [0.05, 0.1) is 0 Å². The molecule has 0 bridgehead atoms. The minimum Gasteiger partial charge on any atom is -0.416 e. The highest BCUT2D eigenvalue weighted by molar-refractivity contribution is 6.74. The number of Topliss-reactive ketones (excluding diaryl/α,β-unsaturated/α-hetero) is 1. The van der Waals surface area contributed by atoms with Gasteiger partial charge in [0.1, 0.15) is 5.78 Å². The average molecular weight is 311 g/mol. The van der Waals surface area contributed by atoms with E-state index in [2.05, 4.69) is 61.2 Å². The summed E-state index contributed by atoms with van der Waals surface area (Å²) in [5, 5.41) is 0.201. The molecule has 0 spiro atoms. The summed E-state index contributed by atoms with van der Waals surface area (Å²) in [4.78, 5) is 12.4. The molecule has 122 valence electrons. The number of ketones is 1. The number of rotatable bonds is 5. The third-order valence-corrected chi connectivity index (χ3v) is 10.2. The maximum Gasteiger partial charge on any atom is 0.192 e. The summed E-state index contributed by atoms with van der Waals surface area (Å²) < 4.78 is 6.43. The van der Waals surface area contributed by atoms with E-state index in [1.54, 1.807) is 0 Å². The first-order chi connectivity index (χ1) is 9.35. The summed E-state index contributed by atoms with van der Waals surface area (Å²) in [6.45, 7) is 22.5. The van der Waals surface area contributed by atoms with Gasteiger partial charge in [0.2, 0.25) is 0 Å². The Morgan fingerprint density at radius 3 is 2.33 bits per heavy atom. The average Bonchev–Trinajstić information content (AvgIpc) is 2.56. The molecule has 0 heterocycles. The van der Waals surface area contributed by atoms with Gasteiger partial charge in [-0.05, 0) is 30.0 Å². The molecule has 1 aliphatic carbocycles. The van der Waals surface area contributed by atoms with Crippen LogP contribution in [0.15, 0.2) is 12.7 Å². The van der Waals surface area contributed by atoms with Crippen molar-refractivity contribution in [2.75, 3.05) is 6.61 Å². The lowest BCUT2D eigenvalue weighted by atomic mass is 9.75. The Morgan fingerprint density at radius 2 is 1.95 bits per heavy atom. The molecule has 3 heteroatoms. The smallest absolute Gasteiger partial charge is 0.192 e. The quantitative estimate of drug-likeness (QED) is 0.524. The highest BCUT2D eigenvalue weighted by Gasteiger charge is 2.51. The van der Waals surface area contributed by atoms with E-state index in [-0.39, 0.29) is 22.3 Å². The zero-order chi connectivity index (χ0) is 16.6. The van der Waals surface area contributed by atoms with Gasteiger partial charge >= 0.3 is 0 Å². The monoisotopic (exact) mass is 310 g/mol. The van der Waals surface area contributed by atoms with Gasteiger partial charge in [0, 0.05) is 24.4 Å². The minimum atomic E-state index is -1.78. The van der Waals surface area contributed by atoms with Crippen molar-refractivity contribution < 1.29 is 9.22 Å². The number of hydrogen-bond acceptors (Lipinski definition) is 2. The van der Waals surface area contributed by atoms with Crippen LogP contribution in [0.1, 0.15) is 48.0 Å². The second-order valence-corrected chi connectivity index (χ2v) is 13.7. The third-order valence-electron chi connectivity index (χ3n) is 5.68. The van der Waals surface area contributed by atoms with E-state index in [0.29, 0.717) is 24.7 Å². The molecule has 0 radical (unpaired) electrons. The molecule has 1 fully saturated rings. The first-order valence-electron chi connectivity index (χ1n) is 8.15. The number of allylic oxidation sites excluding steroid dienone is 1. The second kappa shape index (κ2) is 6.00. The van der Waals surface area contributed by atoms with Gasteiger partial charge in [-0.2, -0.15) is 0 Å². The number of carbonyl (C=O) groups is 1. The molecule has 3 atom stereocenters. The highest BCUT2D eigenvalue weighted by atomic mass is 28.4. The summed E-state index contributed by atoms with van der Waals surface area (Å²) in [5.74, 6) is 1.09. The van der Waals surface area contributed by atoms with Crippen LogP contribution in [0.5, 0.6) is 0 Å². The molecule has 0 aromatic heterocycles. The van der Waals surface area contributed by atoms with E-state index >= 15 is 0 Å². The Labute approximate surface area is 132 Å². The Kier molecular flexibility index (Phi) is 5.32. The van der Waals surface area contributed by atoms with Crippen LogP contribution in [0.2, 0.25) is 18.1 Å². The van der Waals surface area contributed by atoms with Crippen LogP contribution in [-0.4, -0.2) is 20.7 Å². The molecule has 2 nitrogen and oxygen atoms in total. The Morgan fingerprint density at radius 1 is 1.43 bits per heavy atom. The van der Waals surface area contributed by atoms with E-state index < -0.39 is 8.32 Å². The summed E-state index contributed by atoms with van der Waals surface area (Å²) in [6.07, 6.45) is 2.62. The fourth-order valence-electron chi connectivity index (χ4n) is 3.19. The van der Waals surface area contributed by atoms with Gasteiger partial charge in [-0.1, -0.05) is 47.6 Å². The molecule has 0 aromatic rings. The van der Waals surface area contributed by atoms with Gasteiger partial charge in [-0.25, -0.2) is 0 Å². The van der Waals surface area contributed by atoms with Crippen LogP contribution in [0.3, 0.4) is 0 Å². The number of hydrogen-bond donors (Lipinski definition) is 0. The highest BCUT2D eigenvalue weighted by Crippen LogP contribution is 2.49. The maximum atomic E-state index is 12.4. The Balaban J connectivity index is 2.92. The van der Waals surface area contributed by atoms with Crippen molar-refractivity contribution in [2.24, 2.45) is 23.2 Å². The zero-order valence-electron chi connectivity index (χ0n) is 15.2. The van der Waals surface area contributed by atoms with Crippen molar-refractivity contribution >= 4 is 14.1 Å². The van der Waals surface area contributed by atoms with Crippen molar-refractivity contribution in [2.45, 2.75) is 66.1 Å². The normalized spacial score (nSPS) is 31.0. The maximum absolute atomic E-state index is 12.4. The van der Waals surface area contributed by atoms with E-state index in [1.807, 2.05) is 6.08 Å². The molecule has 0 aliphatic heterocycles. The van der Waals surface area contributed by atoms with Crippen molar-refractivity contribution in [1.82, 2.24) is 0 Å². The Hall–Kier alpha value is -0.413. The lowest BCUT2D eigenvalue weighted by molar-refractivity contribution is -0.122. The van der Waals surface area contributed by atoms with Crippen LogP contribution in [0, 0.1) is 23.2 Å². The van der Waals surface area contributed by atoms with Crippen molar-refractivity contribution in [3.8, 4) is 0 Å². The van der Waals surface area contributed by atoms with Gasteiger partial charge in [-0.15, -0.1) is 6.58 Å². The van der Waals surface area contributed by atoms with Crippen LogP contribution >= 0.6 is 0 Å². The van der Waals surface area contributed by atoms with E-state index in [0.717, 1.165) is 0 Å². The fraction of sp³-hybridized carbons (Fsp3) is 0.833. The molecule has 1 aliphatic rings. The van der Waals surface area contributed by atoms with Crippen LogP contribution < -0.4 is 0 Å². The molecule has 0 aromatic carbocycles. The summed E-state index contributed by atoms with van der Waals surface area (Å²) in [5.41, 5.74) is -0.0940. The lowest BCUT2D eigenvalue weighted by Gasteiger charge is -2.40. The van der Waals surface area contributed by atoms with Crippen LogP contribution in [-0.2, 0) is 9.22 Å². The predicted molar refractivity (Wildman–Crippen MR) is 92.9 cm³/mol. The van der Waals surface area contributed by atoms with Gasteiger partial charge in [0.25, 0.3) is 0 Å². The first kappa shape index (κ1) is 18.6. The predicted octanol–water partition coefficient (Wildman–Crippen LogP) is 5.06. The molecule has 0 unspecified atom stereocenters. The van der Waals surface area contributed by atoms with Crippen molar-refractivity contribution in [1.29, 1.82) is 0 Å². The molecular weight excluding hydrogens is 276 g/mol. The first-order valence-corrected chi connectivity index (χ1v) is 11.1. The summed E-state index contributed by atoms with van der Waals surface area (Å²) in [6, 6.07) is 0. The van der Waals surface area contributed by atoms with Gasteiger partial charge in [-0.3, -0.25) is 4.79 Å². The summed E-state index contributed by atoms with van der Waals surface area (Å²) in [7, 11) is -1.78. The SMILES string of the molecule is C=C[C@H]1[C@H](C(C)C)C(=O)C[C@]1(C)CO[Si](C)(C)C(C)(C)C. The van der Waals surface area contributed by atoms with E-state index in [9.17, 15) is 4.79 Å². The molecule has 1 rings (SSSR count). The molecule has 21 heavy (non-hydrogen) atoms. The fourth-order valence-corrected chi connectivity index (χ4v) is 4.32. The van der Waals surface area contributed by atoms with Crippen LogP contribution in [0.4, 0.5) is 0 Å².